The van der Waals surface area contributed by atoms with E-state index in [0.29, 0.717) is 0 Å². The summed E-state index contributed by atoms with van der Waals surface area (Å²) >= 11 is 0. The number of sulfonamides is 1. The number of nitrogens with one attached hydrogen (secondary N) is 1. The number of rotatable bonds is 11. The molecule has 3 aromatic carbocycles. The topological polar surface area (TPSA) is 130 Å². The lowest BCUT2D eigenvalue weighted by Crippen LogP contribution is -2.52. The molecule has 3 rings (SSSR count). The van der Waals surface area contributed by atoms with Crippen LogP contribution in [-0.4, -0.2) is 48.7 Å². The molecule has 39 heavy (non-hydrogen) atoms. The monoisotopic (exact) mass is 556 g/mol. The molecule has 1 atom stereocenters. The summed E-state index contributed by atoms with van der Waals surface area (Å²) in [5.41, 5.74) is -0.118. The van der Waals surface area contributed by atoms with E-state index < -0.39 is 45.2 Å². The number of carbonyl (C=O) groups is 2. The first-order chi connectivity index (χ1) is 18.4. The van der Waals surface area contributed by atoms with Gasteiger partial charge in [0.25, 0.3) is 15.7 Å². The lowest BCUT2D eigenvalue weighted by atomic mass is 10.1. The van der Waals surface area contributed by atoms with Crippen LogP contribution < -0.4 is 9.62 Å². The van der Waals surface area contributed by atoms with Gasteiger partial charge in [-0.1, -0.05) is 36.4 Å². The lowest BCUT2D eigenvalue weighted by Gasteiger charge is -2.32. The summed E-state index contributed by atoms with van der Waals surface area (Å²) in [6.07, 6.45) is 0. The highest BCUT2D eigenvalue weighted by Gasteiger charge is 2.33. The number of carbonyl (C=O) groups excluding carboxylic acids is 2. The molecule has 0 aromatic heterocycles. The molecule has 0 radical (unpaired) electrons. The summed E-state index contributed by atoms with van der Waals surface area (Å²) in [7, 11) is -4.32. The third kappa shape index (κ3) is 7.17. The van der Waals surface area contributed by atoms with Crippen LogP contribution in [0.3, 0.4) is 0 Å². The molecule has 0 saturated carbocycles. The van der Waals surface area contributed by atoms with Gasteiger partial charge in [0.15, 0.2) is 0 Å². The van der Waals surface area contributed by atoms with Crippen LogP contribution in [-0.2, 0) is 26.2 Å². The van der Waals surface area contributed by atoms with E-state index in [4.69, 9.17) is 0 Å². The fourth-order valence-corrected chi connectivity index (χ4v) is 5.22. The van der Waals surface area contributed by atoms with E-state index in [9.17, 15) is 32.5 Å². The first-order valence-electron chi connectivity index (χ1n) is 12.1. The van der Waals surface area contributed by atoms with Crippen molar-refractivity contribution in [3.8, 4) is 0 Å². The van der Waals surface area contributed by atoms with Crippen LogP contribution in [0.4, 0.5) is 15.8 Å². The van der Waals surface area contributed by atoms with Crippen LogP contribution in [0.25, 0.3) is 0 Å². The molecule has 0 saturated heterocycles. The van der Waals surface area contributed by atoms with Gasteiger partial charge >= 0.3 is 0 Å². The molecule has 0 spiro atoms. The Labute approximate surface area is 226 Å². The quantitative estimate of drug-likeness (QED) is 0.282. The van der Waals surface area contributed by atoms with Crippen molar-refractivity contribution in [1.82, 2.24) is 10.2 Å². The lowest BCUT2D eigenvalue weighted by molar-refractivity contribution is -0.384. The Morgan fingerprint density at radius 2 is 1.54 bits per heavy atom. The van der Waals surface area contributed by atoms with Crippen molar-refractivity contribution in [2.75, 3.05) is 10.8 Å². The van der Waals surface area contributed by atoms with Gasteiger partial charge in [-0.15, -0.1) is 0 Å². The van der Waals surface area contributed by atoms with Crippen LogP contribution in [0, 0.1) is 15.9 Å². The van der Waals surface area contributed by atoms with Crippen molar-refractivity contribution in [3.05, 3.63) is 100 Å². The number of non-ortho nitro benzene ring substituents is 1. The van der Waals surface area contributed by atoms with Crippen LogP contribution in [0.2, 0.25) is 0 Å². The van der Waals surface area contributed by atoms with Crippen LogP contribution in [0.5, 0.6) is 0 Å². The fraction of sp³-hybridized carbons (Fsp3) is 0.259. The smallest absolute Gasteiger partial charge is 0.269 e. The number of nitro benzene ring substituents is 1. The molecule has 0 fully saturated rings. The molecule has 1 N–H and O–H groups in total. The fourth-order valence-electron chi connectivity index (χ4n) is 3.79. The van der Waals surface area contributed by atoms with Crippen LogP contribution in [0.1, 0.15) is 26.3 Å². The normalized spacial score (nSPS) is 12.0. The molecule has 206 valence electrons. The Balaban J connectivity index is 2.05. The summed E-state index contributed by atoms with van der Waals surface area (Å²) in [6.45, 7) is 3.92. The van der Waals surface area contributed by atoms with Crippen molar-refractivity contribution < 1.29 is 27.3 Å². The first-order valence-corrected chi connectivity index (χ1v) is 13.5. The van der Waals surface area contributed by atoms with Gasteiger partial charge in [0.2, 0.25) is 11.8 Å². The number of hydrogen-bond donors (Lipinski definition) is 1. The highest BCUT2D eigenvalue weighted by atomic mass is 32.2. The van der Waals surface area contributed by atoms with Crippen LogP contribution in [0.15, 0.2) is 83.8 Å². The Morgan fingerprint density at radius 3 is 2.10 bits per heavy atom. The van der Waals surface area contributed by atoms with E-state index in [1.807, 2.05) is 0 Å². The molecule has 0 heterocycles. The molecule has 0 aliphatic carbocycles. The number of hydrogen-bond acceptors (Lipinski definition) is 6. The molecule has 3 aromatic rings. The second kappa shape index (κ2) is 12.5. The van der Waals surface area contributed by atoms with Gasteiger partial charge in [-0.05, 0) is 51.1 Å². The minimum atomic E-state index is -4.32. The van der Waals surface area contributed by atoms with E-state index in [0.717, 1.165) is 21.3 Å². The molecule has 0 bridgehead atoms. The minimum Gasteiger partial charge on any atom is -0.352 e. The SMILES string of the molecule is CC(C)NC(=O)[C@@H](C)N(Cc1ccccc1F)C(=O)CN(c1ccc([N+](=O)[O-])cc1)S(=O)(=O)c1ccccc1. The molecular weight excluding hydrogens is 527 g/mol. The van der Waals surface area contributed by atoms with Gasteiger partial charge in [-0.2, -0.15) is 0 Å². The molecule has 0 aliphatic rings. The maximum absolute atomic E-state index is 14.5. The number of nitro groups is 1. The standard InChI is InChI=1S/C27H29FN4O6S/c1-19(2)29-27(34)20(3)30(17-21-9-7-8-12-25(21)28)26(33)18-31(22-13-15-23(16-14-22)32(35)36)39(37,38)24-10-5-4-6-11-24/h4-16,19-20H,17-18H2,1-3H3,(H,29,34)/t20-/m1/s1. The largest absolute Gasteiger partial charge is 0.352 e. The average molecular weight is 557 g/mol. The molecular formula is C27H29FN4O6S. The number of halogens is 1. The maximum Gasteiger partial charge on any atom is 0.269 e. The number of anilines is 1. The van der Waals surface area contributed by atoms with Gasteiger partial charge in [-0.25, -0.2) is 12.8 Å². The van der Waals surface area contributed by atoms with Crippen molar-refractivity contribution in [2.45, 2.75) is 44.3 Å². The van der Waals surface area contributed by atoms with E-state index in [-0.39, 0.29) is 34.4 Å². The zero-order valence-corrected chi connectivity index (χ0v) is 22.5. The van der Waals surface area contributed by atoms with Gasteiger partial charge < -0.3 is 10.2 Å². The van der Waals surface area contributed by atoms with Crippen molar-refractivity contribution >= 4 is 33.2 Å². The highest BCUT2D eigenvalue weighted by Crippen LogP contribution is 2.26. The molecule has 0 aliphatic heterocycles. The molecule has 2 amide bonds. The van der Waals surface area contributed by atoms with Gasteiger partial charge in [0, 0.05) is 30.3 Å². The second-order valence-electron chi connectivity index (χ2n) is 9.05. The Kier molecular flexibility index (Phi) is 9.36. The van der Waals surface area contributed by atoms with E-state index in [1.165, 1.54) is 61.5 Å². The van der Waals surface area contributed by atoms with E-state index >= 15 is 0 Å². The first kappa shape index (κ1) is 29.2. The molecule has 12 heteroatoms. The second-order valence-corrected chi connectivity index (χ2v) is 10.9. The van der Waals surface area contributed by atoms with Crippen molar-refractivity contribution in [3.63, 3.8) is 0 Å². The number of amides is 2. The predicted molar refractivity (Wildman–Crippen MR) is 144 cm³/mol. The molecule has 0 unspecified atom stereocenters. The average Bonchev–Trinajstić information content (AvgIpc) is 2.90. The summed E-state index contributed by atoms with van der Waals surface area (Å²) in [5.74, 6) is -1.86. The van der Waals surface area contributed by atoms with E-state index in [1.54, 1.807) is 26.0 Å². The van der Waals surface area contributed by atoms with E-state index in [2.05, 4.69) is 5.32 Å². The highest BCUT2D eigenvalue weighted by molar-refractivity contribution is 7.92. The third-order valence-electron chi connectivity index (χ3n) is 5.86. The zero-order chi connectivity index (χ0) is 28.7. The van der Waals surface area contributed by atoms with Gasteiger partial charge in [-0.3, -0.25) is 24.0 Å². The Morgan fingerprint density at radius 1 is 0.949 bits per heavy atom. The predicted octanol–water partition coefficient (Wildman–Crippen LogP) is 3.87. The minimum absolute atomic E-state index is 0.00271. The summed E-state index contributed by atoms with van der Waals surface area (Å²) in [6, 6.07) is 16.5. The summed E-state index contributed by atoms with van der Waals surface area (Å²) < 4.78 is 42.7. The Hall–Kier alpha value is -4.32. The van der Waals surface area contributed by atoms with Crippen LogP contribution >= 0.6 is 0 Å². The molecule has 10 nitrogen and oxygen atoms in total. The number of benzene rings is 3. The van der Waals surface area contributed by atoms with Gasteiger partial charge in [0.05, 0.1) is 15.5 Å². The third-order valence-corrected chi connectivity index (χ3v) is 7.64. The maximum atomic E-state index is 14.5. The Bertz CT molecular complexity index is 1430. The van der Waals surface area contributed by atoms with Gasteiger partial charge in [0.1, 0.15) is 18.4 Å². The zero-order valence-electron chi connectivity index (χ0n) is 21.7. The summed E-state index contributed by atoms with van der Waals surface area (Å²) in [5, 5.41) is 13.8. The van der Waals surface area contributed by atoms with Crippen molar-refractivity contribution in [1.29, 1.82) is 0 Å². The summed E-state index contributed by atoms with van der Waals surface area (Å²) in [4.78, 5) is 38.1. The van der Waals surface area contributed by atoms with Crippen molar-refractivity contribution in [2.24, 2.45) is 0 Å². The number of nitrogens with zero attached hydrogens (tertiary/aromatic N) is 3.